The largest absolute Gasteiger partial charge is 0.497 e. The smallest absolute Gasteiger partial charge is 0.338 e. The van der Waals surface area contributed by atoms with E-state index in [-0.39, 0.29) is 18.8 Å². The van der Waals surface area contributed by atoms with Gasteiger partial charge in [0.05, 0.1) is 31.0 Å². The third-order valence-electron chi connectivity index (χ3n) is 4.78. The highest BCUT2D eigenvalue weighted by atomic mass is 35.5. The molecule has 0 saturated carbocycles. The molecule has 0 fully saturated rings. The van der Waals surface area contributed by atoms with E-state index in [9.17, 15) is 9.59 Å². The van der Waals surface area contributed by atoms with Crippen molar-refractivity contribution in [2.45, 2.75) is 13.0 Å². The second-order valence-electron chi connectivity index (χ2n) is 6.65. The van der Waals surface area contributed by atoms with Crippen molar-refractivity contribution in [3.63, 3.8) is 0 Å². The molecule has 31 heavy (non-hydrogen) atoms. The number of likely N-dealkylation sites (N-methyl/N-ethyl adjacent to an activating group) is 1. The molecule has 9 heteroatoms. The lowest BCUT2D eigenvalue weighted by molar-refractivity contribution is -0.139. The molecule has 0 radical (unpaired) electrons. The molecule has 2 amide bonds. The number of hydrogen-bond acceptors (Lipinski definition) is 5. The van der Waals surface area contributed by atoms with Gasteiger partial charge in [0.25, 0.3) is 0 Å². The molecule has 0 aliphatic carbocycles. The third kappa shape index (κ3) is 5.06. The van der Waals surface area contributed by atoms with E-state index in [2.05, 4.69) is 5.32 Å². The van der Waals surface area contributed by atoms with Crippen molar-refractivity contribution in [3.05, 3.63) is 69.3 Å². The van der Waals surface area contributed by atoms with Crippen molar-refractivity contribution in [1.29, 1.82) is 0 Å². The Hall–Kier alpha value is -2.90. The van der Waals surface area contributed by atoms with Gasteiger partial charge in [-0.25, -0.2) is 9.59 Å². The number of nitrogens with zero attached hydrogens (tertiary/aromatic N) is 1. The van der Waals surface area contributed by atoms with Gasteiger partial charge in [-0.2, -0.15) is 0 Å². The lowest BCUT2D eigenvalue weighted by Gasteiger charge is -2.34. The van der Waals surface area contributed by atoms with E-state index in [1.165, 1.54) is 4.90 Å². The predicted octanol–water partition coefficient (Wildman–Crippen LogP) is 4.59. The molecule has 7 nitrogen and oxygen atoms in total. The molecule has 1 atom stereocenters. The van der Waals surface area contributed by atoms with Crippen LogP contribution >= 0.6 is 23.2 Å². The Kier molecular flexibility index (Phi) is 7.30. The Balaban J connectivity index is 2.02. The average Bonchev–Trinajstić information content (AvgIpc) is 2.75. The molecule has 0 bridgehead atoms. The van der Waals surface area contributed by atoms with Crippen molar-refractivity contribution in [2.75, 3.05) is 27.4 Å². The highest BCUT2D eigenvalue weighted by Gasteiger charge is 2.38. The fourth-order valence-electron chi connectivity index (χ4n) is 3.17. The summed E-state index contributed by atoms with van der Waals surface area (Å²) >= 11 is 12.4. The van der Waals surface area contributed by atoms with Gasteiger partial charge < -0.3 is 19.5 Å². The quantitative estimate of drug-likeness (QED) is 0.606. The minimum absolute atomic E-state index is 0.0356. The number of esters is 1. The first-order valence-electron chi connectivity index (χ1n) is 9.51. The summed E-state index contributed by atoms with van der Waals surface area (Å²) in [5.74, 6) is 0.668. The number of methoxy groups -OCH3 is 1. The van der Waals surface area contributed by atoms with Crippen LogP contribution in [0.15, 0.2) is 53.7 Å². The first kappa shape index (κ1) is 22.8. The van der Waals surface area contributed by atoms with Crippen molar-refractivity contribution in [3.8, 4) is 11.5 Å². The summed E-state index contributed by atoms with van der Waals surface area (Å²) < 4.78 is 16.3. The monoisotopic (exact) mass is 464 g/mol. The average molecular weight is 465 g/mol. The number of carbonyl (C=O) groups is 2. The molecule has 2 aromatic rings. The minimum atomic E-state index is -0.818. The zero-order chi connectivity index (χ0) is 22.5. The first-order chi connectivity index (χ1) is 14.8. The molecule has 2 aromatic carbocycles. The molecule has 0 spiro atoms. The summed E-state index contributed by atoms with van der Waals surface area (Å²) in [5.41, 5.74) is 1.13. The van der Waals surface area contributed by atoms with Gasteiger partial charge >= 0.3 is 12.0 Å². The van der Waals surface area contributed by atoms with Crippen LogP contribution in [-0.2, 0) is 9.53 Å². The van der Waals surface area contributed by atoms with E-state index in [1.807, 2.05) is 0 Å². The summed E-state index contributed by atoms with van der Waals surface area (Å²) in [4.78, 5) is 26.9. The summed E-state index contributed by atoms with van der Waals surface area (Å²) in [5, 5.41) is 3.57. The molecule has 164 valence electrons. The van der Waals surface area contributed by atoms with Crippen LogP contribution < -0.4 is 14.8 Å². The van der Waals surface area contributed by atoms with Crippen LogP contribution in [0.5, 0.6) is 11.5 Å². The maximum absolute atomic E-state index is 12.9. The van der Waals surface area contributed by atoms with E-state index < -0.39 is 18.0 Å². The summed E-state index contributed by atoms with van der Waals surface area (Å²) in [6.07, 6.45) is 0. The lowest BCUT2D eigenvalue weighted by Crippen LogP contribution is -2.48. The van der Waals surface area contributed by atoms with Gasteiger partial charge in [-0.05, 0) is 48.9 Å². The summed E-state index contributed by atoms with van der Waals surface area (Å²) in [6.45, 7) is 1.85. The van der Waals surface area contributed by atoms with Crippen molar-refractivity contribution >= 4 is 35.2 Å². The summed E-state index contributed by atoms with van der Waals surface area (Å²) in [6, 6.07) is 10.6. The molecular weight excluding hydrogens is 443 g/mol. The van der Waals surface area contributed by atoms with Crippen LogP contribution in [0, 0.1) is 0 Å². The fourth-order valence-corrected chi connectivity index (χ4v) is 3.69. The number of benzene rings is 2. The van der Waals surface area contributed by atoms with Gasteiger partial charge in [0, 0.05) is 17.1 Å². The molecule has 0 aromatic heterocycles. The van der Waals surface area contributed by atoms with Gasteiger partial charge in [0.15, 0.2) is 0 Å². The maximum atomic E-state index is 12.9. The molecular formula is C22H22Cl2N2O5. The molecule has 1 heterocycles. The van der Waals surface area contributed by atoms with Crippen LogP contribution in [0.25, 0.3) is 0 Å². The fraction of sp³-hybridized carbons (Fsp3) is 0.273. The Morgan fingerprint density at radius 1 is 1.13 bits per heavy atom. The number of urea groups is 1. The van der Waals surface area contributed by atoms with Gasteiger partial charge in [-0.3, -0.25) is 4.90 Å². The number of carbonyl (C=O) groups excluding carboxylic acids is 2. The second kappa shape index (κ2) is 9.94. The van der Waals surface area contributed by atoms with E-state index in [0.717, 1.165) is 0 Å². The minimum Gasteiger partial charge on any atom is -0.497 e. The van der Waals surface area contributed by atoms with E-state index in [0.29, 0.717) is 32.8 Å². The zero-order valence-electron chi connectivity index (χ0n) is 17.3. The van der Waals surface area contributed by atoms with E-state index >= 15 is 0 Å². The number of nitrogens with one attached hydrogen (secondary N) is 1. The molecule has 3 rings (SSSR count). The highest BCUT2D eigenvalue weighted by Crippen LogP contribution is 2.36. The summed E-state index contributed by atoms with van der Waals surface area (Å²) in [7, 11) is 3.13. The normalized spacial score (nSPS) is 16.1. The zero-order valence-corrected chi connectivity index (χ0v) is 18.8. The SMILES string of the molecule is CCOC(=O)C1=C(COc2ccc(OC)cc2)N(C)C(=O)NC1c1ccc(Cl)cc1Cl. The van der Waals surface area contributed by atoms with Crippen molar-refractivity contribution in [2.24, 2.45) is 0 Å². The van der Waals surface area contributed by atoms with E-state index in [1.54, 1.807) is 63.5 Å². The molecule has 1 aliphatic heterocycles. The number of hydrogen-bond donors (Lipinski definition) is 1. The lowest BCUT2D eigenvalue weighted by atomic mass is 9.94. The standard InChI is InChI=1S/C22H22Cl2N2O5/c1-4-30-21(27)19-18(12-31-15-8-6-14(29-3)7-9-15)26(2)22(28)25-20(19)16-10-5-13(23)11-17(16)24/h5-11,20H,4,12H2,1-3H3,(H,25,28). The molecule has 1 unspecified atom stereocenters. The first-order valence-corrected chi connectivity index (χ1v) is 10.3. The van der Waals surface area contributed by atoms with Crippen LogP contribution in [-0.4, -0.2) is 44.3 Å². The van der Waals surface area contributed by atoms with Crippen LogP contribution in [0.2, 0.25) is 10.0 Å². The number of halogens is 2. The van der Waals surface area contributed by atoms with Crippen LogP contribution in [0.3, 0.4) is 0 Å². The van der Waals surface area contributed by atoms with Crippen LogP contribution in [0.1, 0.15) is 18.5 Å². The van der Waals surface area contributed by atoms with Gasteiger partial charge in [-0.15, -0.1) is 0 Å². The highest BCUT2D eigenvalue weighted by molar-refractivity contribution is 6.35. The predicted molar refractivity (Wildman–Crippen MR) is 118 cm³/mol. The van der Waals surface area contributed by atoms with Crippen molar-refractivity contribution in [1.82, 2.24) is 10.2 Å². The third-order valence-corrected chi connectivity index (χ3v) is 5.34. The Morgan fingerprint density at radius 2 is 1.81 bits per heavy atom. The topological polar surface area (TPSA) is 77.1 Å². The van der Waals surface area contributed by atoms with Crippen molar-refractivity contribution < 1.29 is 23.8 Å². The van der Waals surface area contributed by atoms with Crippen LogP contribution in [0.4, 0.5) is 4.79 Å². The maximum Gasteiger partial charge on any atom is 0.338 e. The second-order valence-corrected chi connectivity index (χ2v) is 7.50. The van der Waals surface area contributed by atoms with E-state index in [4.69, 9.17) is 37.4 Å². The van der Waals surface area contributed by atoms with Gasteiger partial charge in [-0.1, -0.05) is 29.3 Å². The Morgan fingerprint density at radius 3 is 2.42 bits per heavy atom. The Labute approximate surface area is 190 Å². The number of rotatable bonds is 7. The van der Waals surface area contributed by atoms with Gasteiger partial charge in [0.2, 0.25) is 0 Å². The molecule has 1 aliphatic rings. The molecule has 1 N–H and O–H groups in total. The Bertz CT molecular complexity index is 1010. The number of amides is 2. The van der Waals surface area contributed by atoms with Gasteiger partial charge in [0.1, 0.15) is 18.1 Å². The number of ether oxygens (including phenoxy) is 3. The molecule has 0 saturated heterocycles.